The van der Waals surface area contributed by atoms with Gasteiger partial charge in [-0.25, -0.2) is 0 Å². The van der Waals surface area contributed by atoms with Crippen molar-refractivity contribution in [3.8, 4) is 0 Å². The normalized spacial score (nSPS) is 12.5. The van der Waals surface area contributed by atoms with E-state index in [2.05, 4.69) is 11.4 Å². The summed E-state index contributed by atoms with van der Waals surface area (Å²) in [6.45, 7) is 5.46. The number of hydrogen-bond acceptors (Lipinski definition) is 2. The van der Waals surface area contributed by atoms with Gasteiger partial charge < -0.3 is 10.1 Å². The van der Waals surface area contributed by atoms with Crippen molar-refractivity contribution >= 4 is 5.91 Å². The number of hydrogen-bond donors (Lipinski definition) is 1. The molecular weight excluding hydrogens is 214 g/mol. The molecule has 0 unspecified atom stereocenters. The lowest BCUT2D eigenvalue weighted by Gasteiger charge is -2.03. The summed E-state index contributed by atoms with van der Waals surface area (Å²) in [6.07, 6.45) is 2.03. The van der Waals surface area contributed by atoms with Crippen molar-refractivity contribution in [2.45, 2.75) is 33.2 Å². The molecule has 0 spiro atoms. The molecule has 0 aliphatic carbocycles. The van der Waals surface area contributed by atoms with E-state index in [1.165, 1.54) is 5.56 Å². The number of ether oxygens (including phenoxy) is 1. The second-order valence-electron chi connectivity index (χ2n) is 3.77. The molecule has 2 rings (SSSR count). The zero-order chi connectivity index (χ0) is 12.7. The van der Waals surface area contributed by atoms with Gasteiger partial charge in [0.1, 0.15) is 0 Å². The number of methoxy groups -OCH3 is 1. The van der Waals surface area contributed by atoms with Crippen LogP contribution in [-0.4, -0.2) is 19.6 Å². The van der Waals surface area contributed by atoms with Crippen LogP contribution < -0.4 is 5.32 Å². The van der Waals surface area contributed by atoms with Crippen molar-refractivity contribution in [1.29, 1.82) is 0 Å². The summed E-state index contributed by atoms with van der Waals surface area (Å²) in [6, 6.07) is 6.06. The predicted octanol–water partition coefficient (Wildman–Crippen LogP) is 2.54. The highest BCUT2D eigenvalue weighted by Gasteiger charge is 2.17. The lowest BCUT2D eigenvalue weighted by atomic mass is 10.0. The largest absolute Gasteiger partial charge is 0.385 e. The summed E-state index contributed by atoms with van der Waals surface area (Å²) >= 11 is 0. The average molecular weight is 235 g/mol. The molecule has 17 heavy (non-hydrogen) atoms. The van der Waals surface area contributed by atoms with E-state index in [1.54, 1.807) is 7.11 Å². The SMILES string of the molecule is CC.COCCCc1ccc2c(c1)CNC2=O. The second kappa shape index (κ2) is 7.07. The number of benzene rings is 1. The lowest BCUT2D eigenvalue weighted by molar-refractivity contribution is 0.0966. The number of carbonyl (C=O) groups is 1. The Hall–Kier alpha value is -1.35. The van der Waals surface area contributed by atoms with E-state index in [-0.39, 0.29) is 5.91 Å². The molecule has 0 bridgehead atoms. The number of aryl methyl sites for hydroxylation is 1. The van der Waals surface area contributed by atoms with E-state index >= 15 is 0 Å². The smallest absolute Gasteiger partial charge is 0.251 e. The van der Waals surface area contributed by atoms with Gasteiger partial charge in [0, 0.05) is 25.8 Å². The van der Waals surface area contributed by atoms with Crippen molar-refractivity contribution in [2.24, 2.45) is 0 Å². The highest BCUT2D eigenvalue weighted by molar-refractivity contribution is 5.98. The molecule has 0 atom stereocenters. The number of nitrogens with one attached hydrogen (secondary N) is 1. The van der Waals surface area contributed by atoms with Crippen LogP contribution in [-0.2, 0) is 17.7 Å². The number of fused-ring (bicyclic) bond motifs is 1. The van der Waals surface area contributed by atoms with Crippen molar-refractivity contribution in [2.75, 3.05) is 13.7 Å². The average Bonchev–Trinajstić information content (AvgIpc) is 2.74. The molecule has 1 heterocycles. The third-order valence-electron chi connectivity index (χ3n) is 2.67. The quantitative estimate of drug-likeness (QED) is 0.814. The minimum absolute atomic E-state index is 0.0495. The molecule has 3 heteroatoms. The fourth-order valence-electron chi connectivity index (χ4n) is 1.86. The van der Waals surface area contributed by atoms with Gasteiger partial charge in [-0.05, 0) is 30.0 Å². The van der Waals surface area contributed by atoms with Gasteiger partial charge in [0.25, 0.3) is 5.91 Å². The van der Waals surface area contributed by atoms with Gasteiger partial charge in [0.15, 0.2) is 0 Å². The van der Waals surface area contributed by atoms with Gasteiger partial charge in [-0.1, -0.05) is 26.0 Å². The van der Waals surface area contributed by atoms with Gasteiger partial charge >= 0.3 is 0 Å². The highest BCUT2D eigenvalue weighted by atomic mass is 16.5. The van der Waals surface area contributed by atoms with Crippen LogP contribution in [0, 0.1) is 0 Å². The Morgan fingerprint density at radius 2 is 2.12 bits per heavy atom. The van der Waals surface area contributed by atoms with Crippen LogP contribution in [0.15, 0.2) is 18.2 Å². The summed E-state index contributed by atoms with van der Waals surface area (Å²) < 4.78 is 5.01. The molecule has 0 fully saturated rings. The summed E-state index contributed by atoms with van der Waals surface area (Å²) in [4.78, 5) is 11.3. The number of rotatable bonds is 4. The van der Waals surface area contributed by atoms with Crippen LogP contribution >= 0.6 is 0 Å². The Morgan fingerprint density at radius 1 is 1.35 bits per heavy atom. The van der Waals surface area contributed by atoms with Gasteiger partial charge in [-0.2, -0.15) is 0 Å². The maximum absolute atomic E-state index is 11.3. The number of carbonyl (C=O) groups excluding carboxylic acids is 1. The van der Waals surface area contributed by atoms with E-state index in [9.17, 15) is 4.79 Å². The van der Waals surface area contributed by atoms with Crippen LogP contribution in [0.4, 0.5) is 0 Å². The molecule has 3 nitrogen and oxygen atoms in total. The molecule has 1 aliphatic rings. The van der Waals surface area contributed by atoms with Crippen LogP contribution in [0.5, 0.6) is 0 Å². The van der Waals surface area contributed by atoms with E-state index in [1.807, 2.05) is 26.0 Å². The zero-order valence-corrected chi connectivity index (χ0v) is 10.9. The molecule has 1 aromatic carbocycles. The van der Waals surface area contributed by atoms with Crippen LogP contribution in [0.25, 0.3) is 0 Å². The first kappa shape index (κ1) is 13.7. The summed E-state index contributed by atoms with van der Waals surface area (Å²) in [5.41, 5.74) is 3.22. The Morgan fingerprint density at radius 3 is 2.82 bits per heavy atom. The maximum Gasteiger partial charge on any atom is 0.251 e. The first-order valence-corrected chi connectivity index (χ1v) is 6.20. The van der Waals surface area contributed by atoms with Gasteiger partial charge in [-0.3, -0.25) is 4.79 Å². The zero-order valence-electron chi connectivity index (χ0n) is 10.9. The molecule has 0 aromatic heterocycles. The first-order chi connectivity index (χ1) is 8.31. The molecule has 0 saturated carbocycles. The maximum atomic E-state index is 11.3. The predicted molar refractivity (Wildman–Crippen MR) is 69.2 cm³/mol. The standard InChI is InChI=1S/C12H15NO2.C2H6/c1-15-6-2-3-9-4-5-11-10(7-9)8-13-12(11)14;1-2/h4-5,7H,2-3,6,8H2,1H3,(H,13,14);1-2H3. The van der Waals surface area contributed by atoms with E-state index in [0.717, 1.165) is 30.6 Å². The number of amides is 1. The summed E-state index contributed by atoms with van der Waals surface area (Å²) in [5, 5.41) is 2.82. The van der Waals surface area contributed by atoms with Crippen molar-refractivity contribution < 1.29 is 9.53 Å². The minimum Gasteiger partial charge on any atom is -0.385 e. The molecule has 1 aromatic rings. The highest BCUT2D eigenvalue weighted by Crippen LogP contribution is 2.17. The van der Waals surface area contributed by atoms with Gasteiger partial charge in [0.05, 0.1) is 0 Å². The lowest BCUT2D eigenvalue weighted by Crippen LogP contribution is -2.12. The molecule has 1 aliphatic heterocycles. The molecule has 0 saturated heterocycles. The Balaban J connectivity index is 0.000000686. The topological polar surface area (TPSA) is 38.3 Å². The summed E-state index contributed by atoms with van der Waals surface area (Å²) in [5.74, 6) is 0.0495. The van der Waals surface area contributed by atoms with Crippen molar-refractivity contribution in [3.05, 3.63) is 34.9 Å². The third kappa shape index (κ3) is 3.56. The summed E-state index contributed by atoms with van der Waals surface area (Å²) in [7, 11) is 1.71. The van der Waals surface area contributed by atoms with Crippen LogP contribution in [0.3, 0.4) is 0 Å². The molecule has 1 N–H and O–H groups in total. The first-order valence-electron chi connectivity index (χ1n) is 6.20. The van der Waals surface area contributed by atoms with E-state index < -0.39 is 0 Å². The van der Waals surface area contributed by atoms with Gasteiger partial charge in [0.2, 0.25) is 0 Å². The Bertz CT molecular complexity index is 374. The fraction of sp³-hybridized carbons (Fsp3) is 0.500. The van der Waals surface area contributed by atoms with E-state index in [4.69, 9.17) is 4.74 Å². The molecule has 1 amide bonds. The molecule has 94 valence electrons. The monoisotopic (exact) mass is 235 g/mol. The second-order valence-corrected chi connectivity index (χ2v) is 3.77. The fourth-order valence-corrected chi connectivity index (χ4v) is 1.86. The Kier molecular flexibility index (Phi) is 5.70. The van der Waals surface area contributed by atoms with E-state index in [0.29, 0.717) is 6.54 Å². The third-order valence-corrected chi connectivity index (χ3v) is 2.67. The van der Waals surface area contributed by atoms with Crippen molar-refractivity contribution in [1.82, 2.24) is 5.32 Å². The molecular formula is C14H21NO2. The van der Waals surface area contributed by atoms with Crippen LogP contribution in [0.2, 0.25) is 0 Å². The van der Waals surface area contributed by atoms with Crippen LogP contribution in [0.1, 0.15) is 41.8 Å². The minimum atomic E-state index is 0.0495. The van der Waals surface area contributed by atoms with Crippen molar-refractivity contribution in [3.63, 3.8) is 0 Å². The molecule has 0 radical (unpaired) electrons. The Labute approximate surface area is 103 Å². The van der Waals surface area contributed by atoms with Gasteiger partial charge in [-0.15, -0.1) is 0 Å².